The molecule has 0 saturated heterocycles. The van der Waals surface area contributed by atoms with Crippen molar-refractivity contribution in [3.63, 3.8) is 0 Å². The van der Waals surface area contributed by atoms with Crippen molar-refractivity contribution in [2.24, 2.45) is 0 Å². The van der Waals surface area contributed by atoms with Crippen LogP contribution in [0.4, 0.5) is 4.39 Å². The molecule has 0 N–H and O–H groups in total. The van der Waals surface area contributed by atoms with Gasteiger partial charge in [0, 0.05) is 18.6 Å². The van der Waals surface area contributed by atoms with Gasteiger partial charge in [-0.15, -0.1) is 0 Å². The normalized spacial score (nSPS) is 17.1. The molecular weight excluding hydrogens is 243 g/mol. The number of halogens is 1. The largest absolute Gasteiger partial charge is 0.464 e. The molecule has 1 heterocycles. The molecule has 0 amide bonds. The number of ether oxygens (including phenoxy) is 2. The molecule has 98 valence electrons. The molecule has 1 aliphatic heterocycles. The average molecular weight is 258 g/mol. The smallest absolute Gasteiger partial charge is 0.204 e. The van der Waals surface area contributed by atoms with E-state index < -0.39 is 0 Å². The molecule has 0 spiro atoms. The quantitative estimate of drug-likeness (QED) is 0.834. The lowest BCUT2D eigenvalue weighted by molar-refractivity contribution is -0.0602. The topological polar surface area (TPSA) is 18.5 Å². The highest BCUT2D eigenvalue weighted by atomic mass is 19.1. The van der Waals surface area contributed by atoms with E-state index in [2.05, 4.69) is 0 Å². The third-order valence-corrected chi connectivity index (χ3v) is 3.25. The van der Waals surface area contributed by atoms with E-state index in [0.717, 1.165) is 22.4 Å². The number of rotatable bonds is 3. The minimum Gasteiger partial charge on any atom is -0.464 e. The zero-order valence-corrected chi connectivity index (χ0v) is 10.7. The van der Waals surface area contributed by atoms with E-state index in [9.17, 15) is 4.39 Å². The van der Waals surface area contributed by atoms with Crippen LogP contribution in [0, 0.1) is 5.82 Å². The highest BCUT2D eigenvalue weighted by Gasteiger charge is 2.25. The molecule has 1 unspecified atom stereocenters. The highest BCUT2D eigenvalue weighted by molar-refractivity contribution is 5.71. The molecule has 3 rings (SSSR count). The van der Waals surface area contributed by atoms with Crippen molar-refractivity contribution in [1.29, 1.82) is 0 Å². The number of fused-ring (bicyclic) bond motifs is 1. The predicted octanol–water partition coefficient (Wildman–Crippen LogP) is 3.79. The van der Waals surface area contributed by atoms with Gasteiger partial charge in [0.2, 0.25) is 6.29 Å². The van der Waals surface area contributed by atoms with Crippen molar-refractivity contribution in [3.05, 3.63) is 53.8 Å². The summed E-state index contributed by atoms with van der Waals surface area (Å²) in [6, 6.07) is 12.5. The first-order valence-electron chi connectivity index (χ1n) is 6.44. The fraction of sp³-hybridized carbons (Fsp3) is 0.250. The third-order valence-electron chi connectivity index (χ3n) is 3.25. The maximum absolute atomic E-state index is 13.3. The van der Waals surface area contributed by atoms with Gasteiger partial charge in [0.25, 0.3) is 0 Å². The first-order chi connectivity index (χ1) is 9.28. The van der Waals surface area contributed by atoms with Crippen molar-refractivity contribution in [1.82, 2.24) is 0 Å². The Balaban J connectivity index is 2.00. The van der Waals surface area contributed by atoms with E-state index >= 15 is 0 Å². The van der Waals surface area contributed by atoms with Gasteiger partial charge in [0.1, 0.15) is 11.6 Å². The molecule has 2 aromatic rings. The summed E-state index contributed by atoms with van der Waals surface area (Å²) in [6.07, 6.45) is 0.477. The van der Waals surface area contributed by atoms with Crippen LogP contribution in [0.5, 0.6) is 5.75 Å². The summed E-state index contributed by atoms with van der Waals surface area (Å²) in [4.78, 5) is 0. The third kappa shape index (κ3) is 2.34. The highest BCUT2D eigenvalue weighted by Crippen LogP contribution is 2.37. The van der Waals surface area contributed by atoms with E-state index in [1.807, 2.05) is 31.2 Å². The fourth-order valence-electron chi connectivity index (χ4n) is 2.44. The summed E-state index contributed by atoms with van der Waals surface area (Å²) >= 11 is 0. The molecule has 0 saturated carbocycles. The molecule has 3 heteroatoms. The van der Waals surface area contributed by atoms with Crippen LogP contribution >= 0.6 is 0 Å². The number of hydrogen-bond donors (Lipinski definition) is 0. The summed E-state index contributed by atoms with van der Waals surface area (Å²) in [6.45, 7) is 2.56. The van der Waals surface area contributed by atoms with Gasteiger partial charge in [0.15, 0.2) is 0 Å². The first kappa shape index (κ1) is 12.2. The van der Waals surface area contributed by atoms with Crippen LogP contribution < -0.4 is 4.74 Å². The van der Waals surface area contributed by atoms with Crippen molar-refractivity contribution < 1.29 is 13.9 Å². The van der Waals surface area contributed by atoms with Gasteiger partial charge in [0.05, 0.1) is 0 Å². The number of benzene rings is 2. The van der Waals surface area contributed by atoms with E-state index in [-0.39, 0.29) is 12.1 Å². The molecule has 1 aliphatic rings. The maximum Gasteiger partial charge on any atom is 0.204 e. The van der Waals surface area contributed by atoms with Crippen molar-refractivity contribution in [2.75, 3.05) is 6.61 Å². The van der Waals surface area contributed by atoms with Crippen LogP contribution in [-0.4, -0.2) is 12.9 Å². The Labute approximate surface area is 111 Å². The second kappa shape index (κ2) is 5.02. The van der Waals surface area contributed by atoms with Crippen LogP contribution in [0.2, 0.25) is 0 Å². The monoisotopic (exact) mass is 258 g/mol. The Morgan fingerprint density at radius 3 is 2.89 bits per heavy atom. The predicted molar refractivity (Wildman–Crippen MR) is 71.6 cm³/mol. The van der Waals surface area contributed by atoms with E-state index in [1.54, 1.807) is 12.1 Å². The summed E-state index contributed by atoms with van der Waals surface area (Å²) in [7, 11) is 0. The van der Waals surface area contributed by atoms with Crippen LogP contribution in [0.15, 0.2) is 42.5 Å². The summed E-state index contributed by atoms with van der Waals surface area (Å²) in [5.41, 5.74) is 2.98. The van der Waals surface area contributed by atoms with Crippen LogP contribution in [0.25, 0.3) is 11.1 Å². The molecule has 0 aromatic heterocycles. The summed E-state index contributed by atoms with van der Waals surface area (Å²) in [5.74, 6) is 0.607. The van der Waals surface area contributed by atoms with Crippen LogP contribution in [0.3, 0.4) is 0 Å². The Morgan fingerprint density at radius 2 is 2.11 bits per heavy atom. The van der Waals surface area contributed by atoms with Gasteiger partial charge in [-0.05, 0) is 36.2 Å². The van der Waals surface area contributed by atoms with Gasteiger partial charge in [-0.3, -0.25) is 0 Å². The molecule has 0 aliphatic carbocycles. The van der Waals surface area contributed by atoms with Crippen molar-refractivity contribution in [3.8, 4) is 16.9 Å². The summed E-state index contributed by atoms with van der Waals surface area (Å²) in [5, 5.41) is 0. The summed E-state index contributed by atoms with van der Waals surface area (Å²) < 4.78 is 24.6. The molecule has 0 bridgehead atoms. The second-order valence-electron chi connectivity index (χ2n) is 4.50. The average Bonchev–Trinajstić information content (AvgIpc) is 2.81. The standard InChI is InChI=1S/C16H15FO2/c1-2-18-16-10-14-13(7-4-8-15(14)19-16)11-5-3-6-12(17)9-11/h3-9,16H,2,10H2,1H3. The minimum atomic E-state index is -0.227. The molecule has 0 fully saturated rings. The van der Waals surface area contributed by atoms with Crippen LogP contribution in [0.1, 0.15) is 12.5 Å². The Hall–Kier alpha value is -1.87. The minimum absolute atomic E-state index is 0.227. The van der Waals surface area contributed by atoms with E-state index in [4.69, 9.17) is 9.47 Å². The molecule has 2 aromatic carbocycles. The van der Waals surface area contributed by atoms with Gasteiger partial charge >= 0.3 is 0 Å². The molecule has 1 atom stereocenters. The number of hydrogen-bond acceptors (Lipinski definition) is 2. The molecule has 19 heavy (non-hydrogen) atoms. The van der Waals surface area contributed by atoms with Gasteiger partial charge in [-0.25, -0.2) is 4.39 Å². The molecular formula is C16H15FO2. The molecule has 0 radical (unpaired) electrons. The van der Waals surface area contributed by atoms with Crippen molar-refractivity contribution in [2.45, 2.75) is 19.6 Å². The van der Waals surface area contributed by atoms with E-state index in [1.165, 1.54) is 6.07 Å². The Morgan fingerprint density at radius 1 is 1.26 bits per heavy atom. The zero-order chi connectivity index (χ0) is 13.2. The van der Waals surface area contributed by atoms with Gasteiger partial charge < -0.3 is 9.47 Å². The Kier molecular flexibility index (Phi) is 3.22. The van der Waals surface area contributed by atoms with Crippen LogP contribution in [-0.2, 0) is 11.2 Å². The van der Waals surface area contributed by atoms with E-state index in [0.29, 0.717) is 13.0 Å². The SMILES string of the molecule is CCOC1Cc2c(cccc2-c2cccc(F)c2)O1. The Bertz CT molecular complexity index is 595. The zero-order valence-electron chi connectivity index (χ0n) is 10.7. The first-order valence-corrected chi connectivity index (χ1v) is 6.44. The fourth-order valence-corrected chi connectivity index (χ4v) is 2.44. The molecule has 2 nitrogen and oxygen atoms in total. The lowest BCUT2D eigenvalue weighted by Gasteiger charge is -2.08. The lowest BCUT2D eigenvalue weighted by atomic mass is 9.98. The lowest BCUT2D eigenvalue weighted by Crippen LogP contribution is -2.17. The second-order valence-corrected chi connectivity index (χ2v) is 4.50. The maximum atomic E-state index is 13.3. The van der Waals surface area contributed by atoms with Gasteiger partial charge in [-0.2, -0.15) is 0 Å². The van der Waals surface area contributed by atoms with Gasteiger partial charge in [-0.1, -0.05) is 24.3 Å². The van der Waals surface area contributed by atoms with Crippen molar-refractivity contribution >= 4 is 0 Å².